The van der Waals surface area contributed by atoms with E-state index in [9.17, 15) is 9.90 Å². The molecule has 0 radical (unpaired) electrons. The van der Waals surface area contributed by atoms with Crippen molar-refractivity contribution in [3.63, 3.8) is 0 Å². The van der Waals surface area contributed by atoms with Gasteiger partial charge in [-0.1, -0.05) is 0 Å². The summed E-state index contributed by atoms with van der Waals surface area (Å²) in [5.74, 6) is 2.71. The number of likely N-dealkylation sites (tertiary alicyclic amines) is 1. The molecule has 0 aliphatic carbocycles. The summed E-state index contributed by atoms with van der Waals surface area (Å²) in [5, 5.41) is 10.1. The van der Waals surface area contributed by atoms with Crippen LogP contribution in [0.3, 0.4) is 0 Å². The molecule has 108 valence electrons. The Labute approximate surface area is 116 Å². The molecule has 1 rings (SSSR count). The standard InChI is InChI=1S/C15H25NO3/c1-5-6-7-8-13(17)12-9-10-16(11-12)14(18)19-15(2,3)4/h1,12-13,17H,6-11H2,2-4H3. The van der Waals surface area contributed by atoms with Gasteiger partial charge in [0.15, 0.2) is 0 Å². The van der Waals surface area contributed by atoms with Crippen LogP contribution in [-0.4, -0.2) is 40.9 Å². The second-order valence-corrected chi connectivity index (χ2v) is 6.14. The van der Waals surface area contributed by atoms with E-state index in [1.54, 1.807) is 4.90 Å². The Morgan fingerprint density at radius 2 is 2.26 bits per heavy atom. The summed E-state index contributed by atoms with van der Waals surface area (Å²) < 4.78 is 5.33. The largest absolute Gasteiger partial charge is 0.444 e. The summed E-state index contributed by atoms with van der Waals surface area (Å²) in [6, 6.07) is 0. The van der Waals surface area contributed by atoms with E-state index < -0.39 is 5.60 Å². The molecule has 4 nitrogen and oxygen atoms in total. The molecule has 0 bridgehead atoms. The number of carbonyl (C=O) groups is 1. The number of amides is 1. The van der Waals surface area contributed by atoms with Gasteiger partial charge in [-0.25, -0.2) is 4.79 Å². The number of rotatable bonds is 4. The SMILES string of the molecule is C#CCCCC(O)C1CCN(C(=O)OC(C)(C)C)C1. The van der Waals surface area contributed by atoms with Gasteiger partial charge in [0.2, 0.25) is 0 Å². The molecule has 1 aliphatic rings. The minimum absolute atomic E-state index is 0.144. The number of hydrogen-bond donors (Lipinski definition) is 1. The highest BCUT2D eigenvalue weighted by Crippen LogP contribution is 2.24. The zero-order valence-electron chi connectivity index (χ0n) is 12.2. The predicted molar refractivity (Wildman–Crippen MR) is 74.6 cm³/mol. The van der Waals surface area contributed by atoms with E-state index in [1.165, 1.54) is 0 Å². The van der Waals surface area contributed by atoms with Crippen molar-refractivity contribution < 1.29 is 14.6 Å². The van der Waals surface area contributed by atoms with Crippen molar-refractivity contribution in [1.82, 2.24) is 4.90 Å². The van der Waals surface area contributed by atoms with Crippen molar-refractivity contribution in [2.24, 2.45) is 5.92 Å². The van der Waals surface area contributed by atoms with E-state index in [2.05, 4.69) is 5.92 Å². The van der Waals surface area contributed by atoms with Gasteiger partial charge in [0, 0.05) is 25.4 Å². The molecule has 2 atom stereocenters. The highest BCUT2D eigenvalue weighted by Gasteiger charge is 2.32. The summed E-state index contributed by atoms with van der Waals surface area (Å²) in [4.78, 5) is 13.6. The van der Waals surface area contributed by atoms with Crippen molar-refractivity contribution in [3.05, 3.63) is 0 Å². The molecule has 1 N–H and O–H groups in total. The second-order valence-electron chi connectivity index (χ2n) is 6.14. The fraction of sp³-hybridized carbons (Fsp3) is 0.800. The van der Waals surface area contributed by atoms with E-state index in [0.717, 1.165) is 12.8 Å². The van der Waals surface area contributed by atoms with Crippen LogP contribution in [-0.2, 0) is 4.74 Å². The van der Waals surface area contributed by atoms with Crippen molar-refractivity contribution in [2.75, 3.05) is 13.1 Å². The number of ether oxygens (including phenoxy) is 1. The number of carbonyl (C=O) groups excluding carboxylic acids is 1. The average Bonchev–Trinajstić information content (AvgIpc) is 2.76. The van der Waals surface area contributed by atoms with Crippen LogP contribution in [0, 0.1) is 18.3 Å². The molecule has 1 heterocycles. The fourth-order valence-electron chi connectivity index (χ4n) is 2.24. The van der Waals surface area contributed by atoms with E-state index >= 15 is 0 Å². The van der Waals surface area contributed by atoms with Gasteiger partial charge in [-0.15, -0.1) is 12.3 Å². The number of unbranched alkanes of at least 4 members (excludes halogenated alkanes) is 1. The highest BCUT2D eigenvalue weighted by molar-refractivity contribution is 5.68. The Bertz CT molecular complexity index is 340. The van der Waals surface area contributed by atoms with E-state index in [0.29, 0.717) is 25.9 Å². The van der Waals surface area contributed by atoms with Crippen LogP contribution in [0.4, 0.5) is 4.79 Å². The number of aliphatic hydroxyl groups is 1. The minimum Gasteiger partial charge on any atom is -0.444 e. The first-order valence-corrected chi connectivity index (χ1v) is 6.93. The second kappa shape index (κ2) is 6.81. The predicted octanol–water partition coefficient (Wildman–Crippen LogP) is 2.41. The van der Waals surface area contributed by atoms with Crippen molar-refractivity contribution >= 4 is 6.09 Å². The van der Waals surface area contributed by atoms with E-state index in [-0.39, 0.29) is 18.1 Å². The van der Waals surface area contributed by atoms with Gasteiger partial charge in [0.05, 0.1) is 6.10 Å². The molecule has 2 unspecified atom stereocenters. The van der Waals surface area contributed by atoms with Gasteiger partial charge in [-0.3, -0.25) is 0 Å². The summed E-state index contributed by atoms with van der Waals surface area (Å²) >= 11 is 0. The van der Waals surface area contributed by atoms with Gasteiger partial charge in [0.25, 0.3) is 0 Å². The third kappa shape index (κ3) is 5.52. The van der Waals surface area contributed by atoms with Gasteiger partial charge in [0.1, 0.15) is 5.60 Å². The van der Waals surface area contributed by atoms with E-state index in [4.69, 9.17) is 11.2 Å². The maximum Gasteiger partial charge on any atom is 0.410 e. The Morgan fingerprint density at radius 3 is 2.84 bits per heavy atom. The first kappa shape index (κ1) is 15.8. The number of hydrogen-bond acceptors (Lipinski definition) is 3. The molecule has 1 fully saturated rings. The lowest BCUT2D eigenvalue weighted by molar-refractivity contribution is 0.0266. The quantitative estimate of drug-likeness (QED) is 0.628. The molecule has 1 saturated heterocycles. The fourth-order valence-corrected chi connectivity index (χ4v) is 2.24. The van der Waals surface area contributed by atoms with Crippen LogP contribution in [0.5, 0.6) is 0 Å². The molecule has 0 aromatic rings. The normalized spacial score (nSPS) is 21.0. The average molecular weight is 267 g/mol. The molecule has 4 heteroatoms. The lowest BCUT2D eigenvalue weighted by Gasteiger charge is -2.25. The van der Waals surface area contributed by atoms with Gasteiger partial charge < -0.3 is 14.7 Å². The van der Waals surface area contributed by atoms with Crippen LogP contribution in [0.1, 0.15) is 46.5 Å². The molecule has 0 saturated carbocycles. The van der Waals surface area contributed by atoms with Crippen LogP contribution in [0.2, 0.25) is 0 Å². The Balaban J connectivity index is 2.37. The van der Waals surface area contributed by atoms with Crippen LogP contribution in [0.25, 0.3) is 0 Å². The monoisotopic (exact) mass is 267 g/mol. The summed E-state index contributed by atoms with van der Waals surface area (Å²) in [5.41, 5.74) is -0.472. The molecule has 1 amide bonds. The lowest BCUT2D eigenvalue weighted by Crippen LogP contribution is -2.36. The zero-order chi connectivity index (χ0) is 14.5. The highest BCUT2D eigenvalue weighted by atomic mass is 16.6. The molecular weight excluding hydrogens is 242 g/mol. The molecule has 0 aromatic heterocycles. The maximum atomic E-state index is 11.9. The third-order valence-corrected chi connectivity index (χ3v) is 3.24. The number of aliphatic hydroxyl groups excluding tert-OH is 1. The summed E-state index contributed by atoms with van der Waals surface area (Å²) in [6.45, 7) is 6.80. The molecule has 1 aliphatic heterocycles. The first-order valence-electron chi connectivity index (χ1n) is 6.93. The van der Waals surface area contributed by atoms with Crippen molar-refractivity contribution in [3.8, 4) is 12.3 Å². The van der Waals surface area contributed by atoms with Gasteiger partial charge in [-0.05, 0) is 40.0 Å². The smallest absolute Gasteiger partial charge is 0.410 e. The van der Waals surface area contributed by atoms with Crippen molar-refractivity contribution in [1.29, 1.82) is 0 Å². The van der Waals surface area contributed by atoms with Crippen LogP contribution in [0.15, 0.2) is 0 Å². The number of terminal acetylenes is 1. The van der Waals surface area contributed by atoms with Crippen molar-refractivity contribution in [2.45, 2.75) is 58.2 Å². The van der Waals surface area contributed by atoms with Crippen LogP contribution < -0.4 is 0 Å². The van der Waals surface area contributed by atoms with Crippen LogP contribution >= 0.6 is 0 Å². The summed E-state index contributed by atoms with van der Waals surface area (Å²) in [6.07, 6.45) is 7.59. The molecule has 19 heavy (non-hydrogen) atoms. The molecule has 0 aromatic carbocycles. The topological polar surface area (TPSA) is 49.8 Å². The lowest BCUT2D eigenvalue weighted by atomic mass is 9.97. The number of nitrogens with zero attached hydrogens (tertiary/aromatic N) is 1. The summed E-state index contributed by atoms with van der Waals surface area (Å²) in [7, 11) is 0. The zero-order valence-corrected chi connectivity index (χ0v) is 12.2. The first-order chi connectivity index (χ1) is 8.83. The molecule has 0 spiro atoms. The minimum atomic E-state index is -0.472. The molecular formula is C15H25NO3. The van der Waals surface area contributed by atoms with Gasteiger partial charge in [-0.2, -0.15) is 0 Å². The Morgan fingerprint density at radius 1 is 1.58 bits per heavy atom. The Kier molecular flexibility index (Phi) is 5.68. The van der Waals surface area contributed by atoms with Gasteiger partial charge >= 0.3 is 6.09 Å². The maximum absolute atomic E-state index is 11.9. The van der Waals surface area contributed by atoms with E-state index in [1.807, 2.05) is 20.8 Å². The third-order valence-electron chi connectivity index (χ3n) is 3.24. The Hall–Kier alpha value is -1.21.